The molecule has 1 atom stereocenters. The first-order chi connectivity index (χ1) is 14.1. The molecule has 2 aromatic rings. The molecule has 29 heavy (non-hydrogen) atoms. The van der Waals surface area contributed by atoms with Crippen molar-refractivity contribution in [3.8, 4) is 0 Å². The average molecular weight is 399 g/mol. The second-order valence-electron chi connectivity index (χ2n) is 7.19. The normalized spacial score (nSPS) is 17.3. The van der Waals surface area contributed by atoms with E-state index in [2.05, 4.69) is 52.6 Å². The van der Waals surface area contributed by atoms with E-state index in [1.807, 2.05) is 13.0 Å². The minimum atomic E-state index is -0.143. The number of carbonyl (C=O) groups excluding carboxylic acids is 1. The maximum absolute atomic E-state index is 12.2. The quantitative estimate of drug-likeness (QED) is 0.578. The van der Waals surface area contributed by atoms with Crippen molar-refractivity contribution in [3.63, 3.8) is 0 Å². The van der Waals surface area contributed by atoms with E-state index in [1.165, 1.54) is 16.7 Å². The van der Waals surface area contributed by atoms with Gasteiger partial charge >= 0.3 is 0 Å². The lowest BCUT2D eigenvalue weighted by molar-refractivity contribution is -0.119. The summed E-state index contributed by atoms with van der Waals surface area (Å²) in [6.07, 6.45) is 1.58. The molecule has 2 N–H and O–H groups in total. The van der Waals surface area contributed by atoms with Crippen LogP contribution < -0.4 is 10.6 Å². The summed E-state index contributed by atoms with van der Waals surface area (Å²) >= 11 is 0. The second kappa shape index (κ2) is 10.1. The van der Waals surface area contributed by atoms with Gasteiger partial charge in [0.05, 0.1) is 26.0 Å². The molecule has 7 heteroatoms. The molecule has 1 fully saturated rings. The molecule has 3 rings (SSSR count). The lowest BCUT2D eigenvalue weighted by atomic mass is 10.00. The Hall–Kier alpha value is -2.80. The molecule has 1 amide bonds. The zero-order chi connectivity index (χ0) is 20.6. The molecule has 1 aliphatic heterocycles. The summed E-state index contributed by atoms with van der Waals surface area (Å²) in [6, 6.07) is 10.1. The lowest BCUT2D eigenvalue weighted by Crippen LogP contribution is -2.48. The first-order valence-electron chi connectivity index (χ1n) is 10.1. The van der Waals surface area contributed by atoms with Gasteiger partial charge in [-0.25, -0.2) is 4.99 Å². The molecule has 1 aromatic carbocycles. The SMILES string of the molecule is CCNC(=NCC(=O)NCc1ccco1)N1CCOC(c2ccc(C)cc2C)C1. The van der Waals surface area contributed by atoms with Gasteiger partial charge in [0.2, 0.25) is 5.91 Å². The van der Waals surface area contributed by atoms with E-state index >= 15 is 0 Å². The van der Waals surface area contributed by atoms with Crippen LogP contribution in [0.3, 0.4) is 0 Å². The predicted octanol–water partition coefficient (Wildman–Crippen LogP) is 2.55. The zero-order valence-corrected chi connectivity index (χ0v) is 17.4. The number of hydrogen-bond donors (Lipinski definition) is 2. The van der Waals surface area contributed by atoms with E-state index in [1.54, 1.807) is 12.3 Å². The highest BCUT2D eigenvalue weighted by Gasteiger charge is 2.25. The maximum atomic E-state index is 12.2. The van der Waals surface area contributed by atoms with E-state index in [-0.39, 0.29) is 18.6 Å². The smallest absolute Gasteiger partial charge is 0.242 e. The van der Waals surface area contributed by atoms with Crippen molar-refractivity contribution in [2.24, 2.45) is 4.99 Å². The summed E-state index contributed by atoms with van der Waals surface area (Å²) in [5, 5.41) is 6.12. The second-order valence-corrected chi connectivity index (χ2v) is 7.19. The Kier molecular flexibility index (Phi) is 7.30. The number of carbonyl (C=O) groups is 1. The van der Waals surface area contributed by atoms with Crippen LogP contribution in [0.4, 0.5) is 0 Å². The summed E-state index contributed by atoms with van der Waals surface area (Å²) in [5.41, 5.74) is 3.68. The van der Waals surface area contributed by atoms with Crippen LogP contribution in [0.2, 0.25) is 0 Å². The summed E-state index contributed by atoms with van der Waals surface area (Å²) in [6.45, 7) is 9.45. The molecule has 156 valence electrons. The van der Waals surface area contributed by atoms with Gasteiger partial charge in [0, 0.05) is 13.1 Å². The standard InChI is InChI=1S/C22H30N4O3/c1-4-23-22(25-14-21(27)24-13-18-6-5-10-28-18)26-9-11-29-20(15-26)19-8-7-16(2)12-17(19)3/h5-8,10,12,20H,4,9,11,13-15H2,1-3H3,(H,23,25)(H,24,27). The van der Waals surface area contributed by atoms with E-state index in [4.69, 9.17) is 9.15 Å². The molecule has 1 saturated heterocycles. The number of rotatable bonds is 6. The Balaban J connectivity index is 1.62. The third-order valence-corrected chi connectivity index (χ3v) is 4.89. The van der Waals surface area contributed by atoms with Crippen molar-refractivity contribution in [2.75, 3.05) is 32.8 Å². The highest BCUT2D eigenvalue weighted by Crippen LogP contribution is 2.25. The number of furan rings is 1. The van der Waals surface area contributed by atoms with Gasteiger partial charge in [0.15, 0.2) is 5.96 Å². The minimum absolute atomic E-state index is 0.0130. The number of guanidine groups is 1. The third kappa shape index (κ3) is 5.84. The Morgan fingerprint density at radius 2 is 2.14 bits per heavy atom. The topological polar surface area (TPSA) is 79.1 Å². The van der Waals surface area contributed by atoms with Crippen molar-refractivity contribution >= 4 is 11.9 Å². The van der Waals surface area contributed by atoms with E-state index < -0.39 is 0 Å². The van der Waals surface area contributed by atoms with Crippen LogP contribution in [0.1, 0.15) is 35.5 Å². The number of morpholine rings is 1. The lowest BCUT2D eigenvalue weighted by Gasteiger charge is -2.35. The molecular weight excluding hydrogens is 368 g/mol. The number of aryl methyl sites for hydroxylation is 2. The summed E-state index contributed by atoms with van der Waals surface area (Å²) in [4.78, 5) is 18.9. The fourth-order valence-corrected chi connectivity index (χ4v) is 3.44. The van der Waals surface area contributed by atoms with Crippen molar-refractivity contribution in [1.82, 2.24) is 15.5 Å². The maximum Gasteiger partial charge on any atom is 0.242 e. The summed E-state index contributed by atoms with van der Waals surface area (Å²) in [5.74, 6) is 1.31. The Labute approximate surface area is 172 Å². The van der Waals surface area contributed by atoms with Crippen LogP contribution in [0.5, 0.6) is 0 Å². The van der Waals surface area contributed by atoms with Gasteiger partial charge in [-0.3, -0.25) is 4.79 Å². The van der Waals surface area contributed by atoms with Gasteiger partial charge < -0.3 is 24.7 Å². The van der Waals surface area contributed by atoms with Gasteiger partial charge in [-0.1, -0.05) is 23.8 Å². The number of nitrogens with one attached hydrogen (secondary N) is 2. The zero-order valence-electron chi connectivity index (χ0n) is 17.4. The van der Waals surface area contributed by atoms with Crippen molar-refractivity contribution in [1.29, 1.82) is 0 Å². The van der Waals surface area contributed by atoms with Gasteiger partial charge in [-0.2, -0.15) is 0 Å². The molecule has 0 radical (unpaired) electrons. The molecule has 1 aliphatic rings. The van der Waals surface area contributed by atoms with Crippen molar-refractivity contribution in [2.45, 2.75) is 33.4 Å². The molecule has 0 spiro atoms. The number of hydrogen-bond acceptors (Lipinski definition) is 4. The van der Waals surface area contributed by atoms with Gasteiger partial charge in [-0.15, -0.1) is 0 Å². The van der Waals surface area contributed by atoms with Crippen LogP contribution in [0.25, 0.3) is 0 Å². The van der Waals surface area contributed by atoms with Crippen LogP contribution in [0, 0.1) is 13.8 Å². The molecular formula is C22H30N4O3. The number of amides is 1. The number of ether oxygens (including phenoxy) is 1. The van der Waals surface area contributed by atoms with Crippen molar-refractivity contribution in [3.05, 3.63) is 59.0 Å². The van der Waals surface area contributed by atoms with E-state index in [9.17, 15) is 4.79 Å². The van der Waals surface area contributed by atoms with Gasteiger partial charge in [0.25, 0.3) is 0 Å². The summed E-state index contributed by atoms with van der Waals surface area (Å²) < 4.78 is 11.3. The third-order valence-electron chi connectivity index (χ3n) is 4.89. The summed E-state index contributed by atoms with van der Waals surface area (Å²) in [7, 11) is 0. The van der Waals surface area contributed by atoms with Crippen LogP contribution in [-0.2, 0) is 16.1 Å². The van der Waals surface area contributed by atoms with Crippen LogP contribution in [-0.4, -0.2) is 49.6 Å². The molecule has 2 heterocycles. The van der Waals surface area contributed by atoms with Gasteiger partial charge in [-0.05, 0) is 44.0 Å². The highest BCUT2D eigenvalue weighted by molar-refractivity contribution is 5.85. The highest BCUT2D eigenvalue weighted by atomic mass is 16.5. The molecule has 7 nitrogen and oxygen atoms in total. The molecule has 1 aromatic heterocycles. The Bertz CT molecular complexity index is 833. The predicted molar refractivity (Wildman–Crippen MR) is 113 cm³/mol. The van der Waals surface area contributed by atoms with Crippen molar-refractivity contribution < 1.29 is 13.9 Å². The number of nitrogens with zero attached hydrogens (tertiary/aromatic N) is 2. The van der Waals surface area contributed by atoms with Crippen LogP contribution in [0.15, 0.2) is 46.0 Å². The average Bonchev–Trinajstić information content (AvgIpc) is 3.23. The molecule has 1 unspecified atom stereocenters. The monoisotopic (exact) mass is 398 g/mol. The van der Waals surface area contributed by atoms with E-state index in [0.717, 1.165) is 24.8 Å². The minimum Gasteiger partial charge on any atom is -0.467 e. The van der Waals surface area contributed by atoms with E-state index in [0.29, 0.717) is 19.7 Å². The Morgan fingerprint density at radius 1 is 1.28 bits per heavy atom. The first-order valence-corrected chi connectivity index (χ1v) is 10.1. The number of benzene rings is 1. The Morgan fingerprint density at radius 3 is 2.86 bits per heavy atom. The fourth-order valence-electron chi connectivity index (χ4n) is 3.44. The van der Waals surface area contributed by atoms with Gasteiger partial charge in [0.1, 0.15) is 18.4 Å². The fraction of sp³-hybridized carbons (Fsp3) is 0.455. The van der Waals surface area contributed by atoms with Crippen LogP contribution >= 0.6 is 0 Å². The first kappa shape index (κ1) is 20.9. The molecule has 0 saturated carbocycles. The largest absolute Gasteiger partial charge is 0.467 e. The molecule has 0 bridgehead atoms. The molecule has 0 aliphatic carbocycles. The number of aliphatic imine (C=N–C) groups is 1.